The summed E-state index contributed by atoms with van der Waals surface area (Å²) in [5.41, 5.74) is 2.06. The molecule has 17 heavy (non-hydrogen) atoms. The third kappa shape index (κ3) is 3.14. The van der Waals surface area contributed by atoms with Gasteiger partial charge in [-0.25, -0.2) is 0 Å². The Morgan fingerprint density at radius 1 is 1.12 bits per heavy atom. The van der Waals surface area contributed by atoms with Crippen molar-refractivity contribution < 1.29 is 9.84 Å². The van der Waals surface area contributed by atoms with Crippen LogP contribution in [0.15, 0.2) is 48.5 Å². The smallest absolute Gasteiger partial charge is 0.118 e. The molecule has 0 atom stereocenters. The zero-order chi connectivity index (χ0) is 12.1. The van der Waals surface area contributed by atoms with Gasteiger partial charge in [0.25, 0.3) is 0 Å². The summed E-state index contributed by atoms with van der Waals surface area (Å²) in [7, 11) is 1.65. The molecule has 0 amide bonds. The van der Waals surface area contributed by atoms with Crippen LogP contribution in [0, 0.1) is 0 Å². The van der Waals surface area contributed by atoms with Crippen LogP contribution in [0.3, 0.4) is 0 Å². The van der Waals surface area contributed by atoms with E-state index in [9.17, 15) is 5.11 Å². The highest BCUT2D eigenvalue weighted by molar-refractivity contribution is 5.48. The first-order valence-corrected chi connectivity index (χ1v) is 5.44. The second kappa shape index (κ2) is 5.25. The molecule has 0 aliphatic heterocycles. The van der Waals surface area contributed by atoms with Gasteiger partial charge in [-0.05, 0) is 29.8 Å². The predicted octanol–water partition coefficient (Wildman–Crippen LogP) is 3.01. The minimum Gasteiger partial charge on any atom is -0.508 e. The van der Waals surface area contributed by atoms with E-state index < -0.39 is 0 Å². The topological polar surface area (TPSA) is 41.5 Å². The van der Waals surface area contributed by atoms with Gasteiger partial charge in [-0.3, -0.25) is 0 Å². The van der Waals surface area contributed by atoms with Gasteiger partial charge in [0.15, 0.2) is 0 Å². The second-order valence-corrected chi connectivity index (χ2v) is 3.75. The first-order valence-electron chi connectivity index (χ1n) is 5.44. The van der Waals surface area contributed by atoms with Crippen LogP contribution in [-0.2, 0) is 6.54 Å². The number of phenols is 1. The highest BCUT2D eigenvalue weighted by atomic mass is 16.5. The number of ether oxygens (including phenoxy) is 1. The molecule has 0 aromatic heterocycles. The molecule has 0 radical (unpaired) electrons. The molecule has 0 heterocycles. The van der Waals surface area contributed by atoms with Gasteiger partial charge < -0.3 is 15.2 Å². The molecule has 0 fully saturated rings. The SMILES string of the molecule is COc1ccc(CNc2cccc(O)c2)cc1. The van der Waals surface area contributed by atoms with Crippen molar-refractivity contribution in [2.45, 2.75) is 6.54 Å². The van der Waals surface area contributed by atoms with Crippen LogP contribution in [0.4, 0.5) is 5.69 Å². The van der Waals surface area contributed by atoms with E-state index in [1.54, 1.807) is 19.2 Å². The summed E-state index contributed by atoms with van der Waals surface area (Å²) in [5.74, 6) is 1.12. The average molecular weight is 229 g/mol. The molecule has 0 unspecified atom stereocenters. The van der Waals surface area contributed by atoms with Crippen molar-refractivity contribution in [1.82, 2.24) is 0 Å². The van der Waals surface area contributed by atoms with Crippen molar-refractivity contribution in [3.05, 3.63) is 54.1 Å². The highest BCUT2D eigenvalue weighted by Gasteiger charge is 1.96. The zero-order valence-electron chi connectivity index (χ0n) is 9.68. The molecule has 3 heteroatoms. The van der Waals surface area contributed by atoms with Crippen molar-refractivity contribution >= 4 is 5.69 Å². The molecule has 2 N–H and O–H groups in total. The van der Waals surface area contributed by atoms with Crippen molar-refractivity contribution in [1.29, 1.82) is 0 Å². The number of hydrogen-bond acceptors (Lipinski definition) is 3. The molecule has 0 aliphatic rings. The van der Waals surface area contributed by atoms with Crippen LogP contribution in [0.1, 0.15) is 5.56 Å². The van der Waals surface area contributed by atoms with Gasteiger partial charge >= 0.3 is 0 Å². The van der Waals surface area contributed by atoms with E-state index in [0.29, 0.717) is 6.54 Å². The summed E-state index contributed by atoms with van der Waals surface area (Å²) in [6.07, 6.45) is 0. The van der Waals surface area contributed by atoms with E-state index >= 15 is 0 Å². The van der Waals surface area contributed by atoms with Gasteiger partial charge in [-0.15, -0.1) is 0 Å². The monoisotopic (exact) mass is 229 g/mol. The summed E-state index contributed by atoms with van der Waals surface area (Å²) >= 11 is 0. The fourth-order valence-corrected chi connectivity index (χ4v) is 1.56. The molecule has 0 aliphatic carbocycles. The molecule has 0 saturated carbocycles. The van der Waals surface area contributed by atoms with Crippen molar-refractivity contribution in [3.8, 4) is 11.5 Å². The molecule has 0 saturated heterocycles. The number of rotatable bonds is 4. The Balaban J connectivity index is 1.97. The van der Waals surface area contributed by atoms with Crippen LogP contribution >= 0.6 is 0 Å². The third-order valence-electron chi connectivity index (χ3n) is 2.50. The average Bonchev–Trinajstić information content (AvgIpc) is 2.37. The molecular formula is C14H15NO2. The summed E-state index contributed by atoms with van der Waals surface area (Å²) in [4.78, 5) is 0. The first-order chi connectivity index (χ1) is 8.28. The quantitative estimate of drug-likeness (QED) is 0.846. The van der Waals surface area contributed by atoms with Gasteiger partial charge in [0.2, 0.25) is 0 Å². The molecule has 3 nitrogen and oxygen atoms in total. The van der Waals surface area contributed by atoms with Crippen LogP contribution < -0.4 is 10.1 Å². The lowest BCUT2D eigenvalue weighted by molar-refractivity contribution is 0.414. The highest BCUT2D eigenvalue weighted by Crippen LogP contribution is 2.17. The van der Waals surface area contributed by atoms with Gasteiger partial charge in [0.05, 0.1) is 7.11 Å². The fraction of sp³-hybridized carbons (Fsp3) is 0.143. The number of methoxy groups -OCH3 is 1. The van der Waals surface area contributed by atoms with Crippen molar-refractivity contribution in [3.63, 3.8) is 0 Å². The molecule has 0 spiro atoms. The number of hydrogen-bond donors (Lipinski definition) is 2. The lowest BCUT2D eigenvalue weighted by Crippen LogP contribution is -1.98. The van der Waals surface area contributed by atoms with E-state index in [0.717, 1.165) is 17.0 Å². The largest absolute Gasteiger partial charge is 0.508 e. The zero-order valence-corrected chi connectivity index (χ0v) is 9.68. The number of aromatic hydroxyl groups is 1. The number of nitrogens with one attached hydrogen (secondary N) is 1. The molecular weight excluding hydrogens is 214 g/mol. The number of anilines is 1. The van der Waals surface area contributed by atoms with Crippen LogP contribution in [0.2, 0.25) is 0 Å². The lowest BCUT2D eigenvalue weighted by atomic mass is 10.2. The summed E-state index contributed by atoms with van der Waals surface area (Å²) in [5, 5.41) is 12.6. The van der Waals surface area contributed by atoms with E-state index in [2.05, 4.69) is 5.32 Å². The summed E-state index contributed by atoms with van der Waals surface area (Å²) in [6.45, 7) is 0.716. The Hall–Kier alpha value is -2.16. The maximum atomic E-state index is 9.32. The third-order valence-corrected chi connectivity index (χ3v) is 2.50. The van der Waals surface area contributed by atoms with Crippen LogP contribution in [0.5, 0.6) is 11.5 Å². The van der Waals surface area contributed by atoms with E-state index in [-0.39, 0.29) is 5.75 Å². The number of phenolic OH excluding ortho intramolecular Hbond substituents is 1. The van der Waals surface area contributed by atoms with E-state index in [1.165, 1.54) is 0 Å². The van der Waals surface area contributed by atoms with Crippen LogP contribution in [0.25, 0.3) is 0 Å². The lowest BCUT2D eigenvalue weighted by Gasteiger charge is -2.07. The Morgan fingerprint density at radius 3 is 2.53 bits per heavy atom. The molecule has 88 valence electrons. The minimum atomic E-state index is 0.268. The maximum absolute atomic E-state index is 9.32. The molecule has 2 rings (SSSR count). The van der Waals surface area contributed by atoms with Gasteiger partial charge in [0, 0.05) is 18.3 Å². The van der Waals surface area contributed by atoms with Crippen molar-refractivity contribution in [2.75, 3.05) is 12.4 Å². The van der Waals surface area contributed by atoms with Gasteiger partial charge in [0.1, 0.15) is 11.5 Å². The van der Waals surface area contributed by atoms with Crippen LogP contribution in [-0.4, -0.2) is 12.2 Å². The Bertz CT molecular complexity index is 480. The summed E-state index contributed by atoms with van der Waals surface area (Å²) < 4.78 is 5.09. The Labute approximate surface area is 101 Å². The molecule has 2 aromatic carbocycles. The second-order valence-electron chi connectivity index (χ2n) is 3.75. The molecule has 2 aromatic rings. The van der Waals surface area contributed by atoms with Crippen molar-refractivity contribution in [2.24, 2.45) is 0 Å². The predicted molar refractivity (Wildman–Crippen MR) is 68.4 cm³/mol. The Morgan fingerprint density at radius 2 is 1.88 bits per heavy atom. The fourth-order valence-electron chi connectivity index (χ4n) is 1.56. The Kier molecular flexibility index (Phi) is 3.50. The summed E-state index contributed by atoms with van der Waals surface area (Å²) in [6, 6.07) is 15.0. The maximum Gasteiger partial charge on any atom is 0.118 e. The van der Waals surface area contributed by atoms with Gasteiger partial charge in [-0.2, -0.15) is 0 Å². The van der Waals surface area contributed by atoms with E-state index in [4.69, 9.17) is 4.74 Å². The number of benzene rings is 2. The standard InChI is InChI=1S/C14H15NO2/c1-17-14-7-5-11(6-8-14)10-15-12-3-2-4-13(16)9-12/h2-9,15-16H,10H2,1H3. The molecule has 0 bridgehead atoms. The minimum absolute atomic E-state index is 0.268. The van der Waals surface area contributed by atoms with E-state index in [1.807, 2.05) is 36.4 Å². The first kappa shape index (κ1) is 11.3. The van der Waals surface area contributed by atoms with Gasteiger partial charge in [-0.1, -0.05) is 18.2 Å². The normalized spacial score (nSPS) is 9.94.